The number of anilines is 2. The predicted octanol–water partition coefficient (Wildman–Crippen LogP) is 0.923. The Morgan fingerprint density at radius 1 is 1.39 bits per heavy atom. The van der Waals surface area contributed by atoms with Gasteiger partial charge in [-0.1, -0.05) is 6.92 Å². The summed E-state index contributed by atoms with van der Waals surface area (Å²) >= 11 is 0. The first-order valence-electron chi connectivity index (χ1n) is 6.45. The molecule has 0 unspecified atom stereocenters. The second-order valence-electron chi connectivity index (χ2n) is 4.08. The number of aliphatic hydroxyl groups excluding tert-OH is 1. The Bertz CT molecular complexity index is 358. The molecule has 0 bridgehead atoms. The summed E-state index contributed by atoms with van der Waals surface area (Å²) in [6.07, 6.45) is 2.56. The molecule has 18 heavy (non-hydrogen) atoms. The highest BCUT2D eigenvalue weighted by atomic mass is 16.3. The van der Waals surface area contributed by atoms with Crippen molar-refractivity contribution in [3.8, 4) is 0 Å². The average molecular weight is 253 g/mol. The van der Waals surface area contributed by atoms with Crippen LogP contribution in [0.1, 0.15) is 32.5 Å². The first-order valence-corrected chi connectivity index (χ1v) is 6.45. The van der Waals surface area contributed by atoms with Crippen LogP contribution < -0.4 is 16.2 Å². The molecule has 0 saturated carbocycles. The van der Waals surface area contributed by atoms with E-state index >= 15 is 0 Å². The van der Waals surface area contributed by atoms with Crippen LogP contribution in [0.4, 0.5) is 11.6 Å². The lowest BCUT2D eigenvalue weighted by Crippen LogP contribution is -2.26. The topological polar surface area (TPSA) is 87.3 Å². The van der Waals surface area contributed by atoms with E-state index in [9.17, 15) is 0 Å². The third kappa shape index (κ3) is 4.12. The fourth-order valence-electron chi connectivity index (χ4n) is 1.75. The first-order chi connectivity index (χ1) is 8.74. The number of hydrazine groups is 1. The Morgan fingerprint density at radius 3 is 2.72 bits per heavy atom. The van der Waals surface area contributed by atoms with Crippen LogP contribution in [0.5, 0.6) is 0 Å². The summed E-state index contributed by atoms with van der Waals surface area (Å²) in [6.45, 7) is 5.96. The van der Waals surface area contributed by atoms with Gasteiger partial charge in [-0.25, -0.2) is 15.8 Å². The summed E-state index contributed by atoms with van der Waals surface area (Å²) in [7, 11) is 0. The van der Waals surface area contributed by atoms with Gasteiger partial charge < -0.3 is 15.4 Å². The second-order valence-corrected chi connectivity index (χ2v) is 4.08. The number of hydrogen-bond acceptors (Lipinski definition) is 6. The van der Waals surface area contributed by atoms with E-state index in [-0.39, 0.29) is 6.61 Å². The number of nitrogens with one attached hydrogen (secondary N) is 1. The third-order valence-electron chi connectivity index (χ3n) is 2.67. The monoisotopic (exact) mass is 253 g/mol. The molecule has 0 aliphatic heterocycles. The molecular formula is C12H23N5O. The van der Waals surface area contributed by atoms with E-state index in [2.05, 4.69) is 34.1 Å². The maximum atomic E-state index is 8.91. The molecule has 1 rings (SSSR count). The molecule has 0 spiro atoms. The summed E-state index contributed by atoms with van der Waals surface area (Å²) in [6, 6.07) is 1.83. The number of nitrogen functional groups attached to an aromatic ring is 1. The zero-order chi connectivity index (χ0) is 13.4. The molecule has 6 nitrogen and oxygen atoms in total. The smallest absolute Gasteiger partial charge is 0.145 e. The minimum Gasteiger partial charge on any atom is -0.396 e. The Balaban J connectivity index is 2.93. The van der Waals surface area contributed by atoms with E-state index in [0.717, 1.165) is 44.0 Å². The van der Waals surface area contributed by atoms with Crippen molar-refractivity contribution in [2.75, 3.05) is 30.0 Å². The molecule has 0 amide bonds. The molecule has 0 radical (unpaired) electrons. The fourth-order valence-corrected chi connectivity index (χ4v) is 1.75. The van der Waals surface area contributed by atoms with E-state index in [1.807, 2.05) is 6.07 Å². The van der Waals surface area contributed by atoms with Crippen LogP contribution in [-0.4, -0.2) is 34.8 Å². The van der Waals surface area contributed by atoms with Gasteiger partial charge in [-0.05, 0) is 19.8 Å². The van der Waals surface area contributed by atoms with Crippen LogP contribution >= 0.6 is 0 Å². The minimum atomic E-state index is 0.186. The van der Waals surface area contributed by atoms with Crippen LogP contribution in [0.3, 0.4) is 0 Å². The van der Waals surface area contributed by atoms with Gasteiger partial charge in [0.2, 0.25) is 0 Å². The number of nitrogens with two attached hydrogens (primary N) is 1. The van der Waals surface area contributed by atoms with Crippen LogP contribution in [0.15, 0.2) is 6.07 Å². The lowest BCUT2D eigenvalue weighted by molar-refractivity contribution is 0.289. The fraction of sp³-hybridized carbons (Fsp3) is 0.667. The van der Waals surface area contributed by atoms with E-state index < -0.39 is 0 Å². The maximum absolute atomic E-state index is 8.91. The third-order valence-corrected chi connectivity index (χ3v) is 2.67. The molecule has 1 aromatic rings. The Labute approximate surface area is 108 Å². The SMILES string of the molecule is CCCc1nc(NN)cc(N(CC)CCCO)n1. The Morgan fingerprint density at radius 2 is 2.17 bits per heavy atom. The van der Waals surface area contributed by atoms with Gasteiger partial charge in [-0.2, -0.15) is 0 Å². The quantitative estimate of drug-likeness (QED) is 0.472. The molecule has 0 aliphatic carbocycles. The summed E-state index contributed by atoms with van der Waals surface area (Å²) in [5, 5.41) is 8.91. The van der Waals surface area contributed by atoms with Crippen LogP contribution in [-0.2, 0) is 6.42 Å². The van der Waals surface area contributed by atoms with Crippen molar-refractivity contribution in [3.05, 3.63) is 11.9 Å². The van der Waals surface area contributed by atoms with Gasteiger partial charge in [0.25, 0.3) is 0 Å². The van der Waals surface area contributed by atoms with Gasteiger partial charge in [-0.15, -0.1) is 0 Å². The van der Waals surface area contributed by atoms with Gasteiger partial charge >= 0.3 is 0 Å². The molecular weight excluding hydrogens is 230 g/mol. The second kappa shape index (κ2) is 7.84. The molecule has 0 saturated heterocycles. The summed E-state index contributed by atoms with van der Waals surface area (Å²) in [4.78, 5) is 11.0. The van der Waals surface area contributed by atoms with Crippen LogP contribution in [0.2, 0.25) is 0 Å². The molecule has 6 heteroatoms. The van der Waals surface area contributed by atoms with Crippen molar-refractivity contribution in [1.29, 1.82) is 0 Å². The zero-order valence-corrected chi connectivity index (χ0v) is 11.2. The molecule has 102 valence electrons. The molecule has 0 fully saturated rings. The normalized spacial score (nSPS) is 10.4. The summed E-state index contributed by atoms with van der Waals surface area (Å²) in [5.41, 5.74) is 2.57. The van der Waals surface area contributed by atoms with E-state index in [1.165, 1.54) is 0 Å². The van der Waals surface area contributed by atoms with E-state index in [0.29, 0.717) is 5.82 Å². The highest BCUT2D eigenvalue weighted by molar-refractivity contribution is 5.48. The molecule has 1 heterocycles. The van der Waals surface area contributed by atoms with Gasteiger partial charge in [0, 0.05) is 32.2 Å². The molecule has 0 aromatic carbocycles. The summed E-state index contributed by atoms with van der Waals surface area (Å²) in [5.74, 6) is 7.71. The molecule has 0 atom stereocenters. The first kappa shape index (κ1) is 14.7. The Hall–Kier alpha value is -1.40. The van der Waals surface area contributed by atoms with Crippen molar-refractivity contribution < 1.29 is 5.11 Å². The number of aliphatic hydroxyl groups is 1. The summed E-state index contributed by atoms with van der Waals surface area (Å²) < 4.78 is 0. The van der Waals surface area contributed by atoms with Gasteiger partial charge in [0.15, 0.2) is 0 Å². The largest absolute Gasteiger partial charge is 0.396 e. The Kier molecular flexibility index (Phi) is 6.38. The van der Waals surface area contributed by atoms with Gasteiger partial charge in [-0.3, -0.25) is 0 Å². The van der Waals surface area contributed by atoms with Gasteiger partial charge in [0.05, 0.1) is 0 Å². The van der Waals surface area contributed by atoms with Crippen molar-refractivity contribution in [3.63, 3.8) is 0 Å². The number of aryl methyl sites for hydroxylation is 1. The number of nitrogens with zero attached hydrogens (tertiary/aromatic N) is 3. The van der Waals surface area contributed by atoms with Crippen LogP contribution in [0, 0.1) is 0 Å². The molecule has 1 aromatic heterocycles. The van der Waals surface area contributed by atoms with E-state index in [4.69, 9.17) is 10.9 Å². The standard InChI is InChI=1S/C12H23N5O/c1-3-6-10-14-11(16-13)9-12(15-10)17(4-2)7-5-8-18/h9,18H,3-8,13H2,1-2H3,(H,14,15,16). The van der Waals surface area contributed by atoms with E-state index in [1.54, 1.807) is 0 Å². The van der Waals surface area contributed by atoms with Crippen molar-refractivity contribution >= 4 is 11.6 Å². The number of hydrogen-bond donors (Lipinski definition) is 3. The highest BCUT2D eigenvalue weighted by Gasteiger charge is 2.09. The van der Waals surface area contributed by atoms with Crippen molar-refractivity contribution in [2.45, 2.75) is 33.1 Å². The van der Waals surface area contributed by atoms with Gasteiger partial charge in [0.1, 0.15) is 17.5 Å². The molecule has 4 N–H and O–H groups in total. The number of rotatable bonds is 8. The lowest BCUT2D eigenvalue weighted by Gasteiger charge is -2.22. The zero-order valence-electron chi connectivity index (χ0n) is 11.2. The average Bonchev–Trinajstić information content (AvgIpc) is 2.39. The van der Waals surface area contributed by atoms with Crippen molar-refractivity contribution in [1.82, 2.24) is 9.97 Å². The lowest BCUT2D eigenvalue weighted by atomic mass is 10.3. The van der Waals surface area contributed by atoms with Crippen LogP contribution in [0.25, 0.3) is 0 Å². The highest BCUT2D eigenvalue weighted by Crippen LogP contribution is 2.16. The maximum Gasteiger partial charge on any atom is 0.145 e. The predicted molar refractivity (Wildman–Crippen MR) is 73.4 cm³/mol. The molecule has 0 aliphatic rings. The minimum absolute atomic E-state index is 0.186. The number of aromatic nitrogens is 2. The van der Waals surface area contributed by atoms with Crippen molar-refractivity contribution in [2.24, 2.45) is 5.84 Å².